The van der Waals surface area contributed by atoms with Gasteiger partial charge in [-0.2, -0.15) is 0 Å². The van der Waals surface area contributed by atoms with E-state index in [1.54, 1.807) is 6.92 Å². The van der Waals surface area contributed by atoms with Crippen LogP contribution in [0.15, 0.2) is 30.6 Å². The average molecular weight is 278 g/mol. The number of nitrogens with two attached hydrogens (primary N) is 1. The van der Waals surface area contributed by atoms with E-state index >= 15 is 0 Å². The molecular formula is C13H12F2N4O. The molecule has 1 unspecified atom stereocenters. The van der Waals surface area contributed by atoms with Gasteiger partial charge in [-0.3, -0.25) is 4.79 Å². The Morgan fingerprint density at radius 1 is 1.25 bits per heavy atom. The first-order valence-corrected chi connectivity index (χ1v) is 5.81. The Balaban J connectivity index is 2.15. The molecule has 3 N–H and O–H groups in total. The Labute approximate surface area is 113 Å². The quantitative estimate of drug-likeness (QED) is 0.897. The van der Waals surface area contributed by atoms with Crippen molar-refractivity contribution in [1.82, 2.24) is 15.3 Å². The highest BCUT2D eigenvalue weighted by atomic mass is 19.2. The number of nitrogens with one attached hydrogen (secondary N) is 1. The summed E-state index contributed by atoms with van der Waals surface area (Å²) in [7, 11) is 0. The van der Waals surface area contributed by atoms with Gasteiger partial charge in [0, 0.05) is 12.4 Å². The number of nitrogen functional groups attached to an aromatic ring is 1. The first-order chi connectivity index (χ1) is 9.49. The summed E-state index contributed by atoms with van der Waals surface area (Å²) >= 11 is 0. The molecule has 1 aromatic heterocycles. The number of rotatable bonds is 3. The molecule has 0 spiro atoms. The second-order valence-electron chi connectivity index (χ2n) is 4.16. The third kappa shape index (κ3) is 2.87. The van der Waals surface area contributed by atoms with E-state index < -0.39 is 23.6 Å². The third-order valence-electron chi connectivity index (χ3n) is 2.73. The number of carbonyl (C=O) groups is 1. The summed E-state index contributed by atoms with van der Waals surface area (Å²) in [4.78, 5) is 19.5. The van der Waals surface area contributed by atoms with Crippen LogP contribution in [0.4, 0.5) is 14.6 Å². The van der Waals surface area contributed by atoms with Gasteiger partial charge in [0.25, 0.3) is 5.91 Å². The third-order valence-corrected chi connectivity index (χ3v) is 2.73. The predicted molar refractivity (Wildman–Crippen MR) is 68.7 cm³/mol. The van der Waals surface area contributed by atoms with Crippen molar-refractivity contribution < 1.29 is 13.6 Å². The van der Waals surface area contributed by atoms with Crippen LogP contribution >= 0.6 is 0 Å². The molecule has 1 heterocycles. The minimum atomic E-state index is -0.970. The Morgan fingerprint density at radius 2 is 1.95 bits per heavy atom. The molecular weight excluding hydrogens is 266 g/mol. The maximum absolute atomic E-state index is 13.1. The Kier molecular flexibility index (Phi) is 3.88. The lowest BCUT2D eigenvalue weighted by Gasteiger charge is -2.14. The van der Waals surface area contributed by atoms with Crippen molar-refractivity contribution in [2.75, 3.05) is 5.73 Å². The summed E-state index contributed by atoms with van der Waals surface area (Å²) in [6.07, 6.45) is 2.71. The standard InChI is InChI=1S/C13H12F2N4O/c1-7(8-2-3-9(14)10(15)6-8)19-13(20)11-12(16)18-5-4-17-11/h2-7H,1H3,(H2,16,18)(H,19,20). The molecule has 0 radical (unpaired) electrons. The lowest BCUT2D eigenvalue weighted by molar-refractivity contribution is 0.0935. The zero-order valence-electron chi connectivity index (χ0n) is 10.6. The van der Waals surface area contributed by atoms with Gasteiger partial charge >= 0.3 is 0 Å². The van der Waals surface area contributed by atoms with E-state index in [2.05, 4.69) is 15.3 Å². The summed E-state index contributed by atoms with van der Waals surface area (Å²) in [5.74, 6) is -2.44. The Hall–Kier alpha value is -2.57. The lowest BCUT2D eigenvalue weighted by atomic mass is 10.1. The van der Waals surface area contributed by atoms with Gasteiger partial charge in [-0.25, -0.2) is 18.7 Å². The van der Waals surface area contributed by atoms with Crippen molar-refractivity contribution in [2.45, 2.75) is 13.0 Å². The second kappa shape index (κ2) is 5.60. The topological polar surface area (TPSA) is 80.9 Å². The number of carbonyl (C=O) groups excluding carboxylic acids is 1. The lowest BCUT2D eigenvalue weighted by Crippen LogP contribution is -2.28. The first-order valence-electron chi connectivity index (χ1n) is 5.81. The number of hydrogen-bond acceptors (Lipinski definition) is 4. The molecule has 0 fully saturated rings. The predicted octanol–water partition coefficient (Wildman–Crippen LogP) is 1.83. The van der Waals surface area contributed by atoms with Gasteiger partial charge < -0.3 is 11.1 Å². The zero-order chi connectivity index (χ0) is 14.7. The van der Waals surface area contributed by atoms with Crippen LogP contribution in [0.5, 0.6) is 0 Å². The van der Waals surface area contributed by atoms with E-state index in [0.717, 1.165) is 12.1 Å². The molecule has 1 atom stereocenters. The van der Waals surface area contributed by atoms with Crippen molar-refractivity contribution in [3.8, 4) is 0 Å². The maximum Gasteiger partial charge on any atom is 0.274 e. The van der Waals surface area contributed by atoms with Crippen LogP contribution in [-0.2, 0) is 0 Å². The number of halogens is 2. The average Bonchev–Trinajstić information content (AvgIpc) is 2.42. The van der Waals surface area contributed by atoms with Crippen LogP contribution in [0.1, 0.15) is 29.0 Å². The van der Waals surface area contributed by atoms with E-state index in [1.807, 2.05) is 0 Å². The fraction of sp³-hybridized carbons (Fsp3) is 0.154. The van der Waals surface area contributed by atoms with Crippen LogP contribution in [0.2, 0.25) is 0 Å². The molecule has 0 saturated heterocycles. The van der Waals surface area contributed by atoms with Gasteiger partial charge in [0.05, 0.1) is 6.04 Å². The molecule has 1 amide bonds. The van der Waals surface area contributed by atoms with Crippen molar-refractivity contribution >= 4 is 11.7 Å². The largest absolute Gasteiger partial charge is 0.382 e. The van der Waals surface area contributed by atoms with Crippen molar-refractivity contribution in [3.05, 3.63) is 53.5 Å². The van der Waals surface area contributed by atoms with Crippen LogP contribution < -0.4 is 11.1 Å². The molecule has 5 nitrogen and oxygen atoms in total. The van der Waals surface area contributed by atoms with E-state index in [0.29, 0.717) is 5.56 Å². The van der Waals surface area contributed by atoms with E-state index in [4.69, 9.17) is 5.73 Å². The van der Waals surface area contributed by atoms with Gasteiger partial charge in [0.15, 0.2) is 23.1 Å². The molecule has 2 rings (SSSR count). The number of anilines is 1. The number of hydrogen-bond donors (Lipinski definition) is 2. The number of nitrogens with zero attached hydrogens (tertiary/aromatic N) is 2. The van der Waals surface area contributed by atoms with E-state index in [1.165, 1.54) is 18.5 Å². The van der Waals surface area contributed by atoms with Gasteiger partial charge in [0.2, 0.25) is 0 Å². The highest BCUT2D eigenvalue weighted by Crippen LogP contribution is 2.16. The smallest absolute Gasteiger partial charge is 0.274 e. The molecule has 0 saturated carbocycles. The highest BCUT2D eigenvalue weighted by molar-refractivity contribution is 5.96. The van der Waals surface area contributed by atoms with Crippen molar-refractivity contribution in [3.63, 3.8) is 0 Å². The fourth-order valence-electron chi connectivity index (χ4n) is 1.65. The van der Waals surface area contributed by atoms with E-state index in [9.17, 15) is 13.6 Å². The number of aromatic nitrogens is 2. The highest BCUT2D eigenvalue weighted by Gasteiger charge is 2.16. The normalized spacial score (nSPS) is 11.9. The molecule has 7 heteroatoms. The molecule has 104 valence electrons. The Bertz CT molecular complexity index is 648. The summed E-state index contributed by atoms with van der Waals surface area (Å²) in [5, 5.41) is 2.59. The van der Waals surface area contributed by atoms with Crippen molar-refractivity contribution in [1.29, 1.82) is 0 Å². The SMILES string of the molecule is CC(NC(=O)c1nccnc1N)c1ccc(F)c(F)c1. The van der Waals surface area contributed by atoms with Crippen LogP contribution in [0.25, 0.3) is 0 Å². The first kappa shape index (κ1) is 13.9. The molecule has 0 aliphatic rings. The maximum atomic E-state index is 13.1. The minimum Gasteiger partial charge on any atom is -0.382 e. The molecule has 0 bridgehead atoms. The number of benzene rings is 1. The molecule has 0 aliphatic carbocycles. The van der Waals surface area contributed by atoms with Crippen LogP contribution in [-0.4, -0.2) is 15.9 Å². The second-order valence-corrected chi connectivity index (χ2v) is 4.16. The van der Waals surface area contributed by atoms with Crippen molar-refractivity contribution in [2.24, 2.45) is 0 Å². The molecule has 1 aromatic carbocycles. The molecule has 2 aromatic rings. The van der Waals surface area contributed by atoms with Crippen LogP contribution in [0, 0.1) is 11.6 Å². The summed E-state index contributed by atoms with van der Waals surface area (Å²) < 4.78 is 26.0. The van der Waals surface area contributed by atoms with Crippen LogP contribution in [0.3, 0.4) is 0 Å². The van der Waals surface area contributed by atoms with Gasteiger partial charge in [-0.15, -0.1) is 0 Å². The molecule has 20 heavy (non-hydrogen) atoms. The van der Waals surface area contributed by atoms with Gasteiger partial charge in [0.1, 0.15) is 0 Å². The van der Waals surface area contributed by atoms with E-state index in [-0.39, 0.29) is 11.5 Å². The summed E-state index contributed by atoms with van der Waals surface area (Å²) in [6, 6.07) is 2.90. The van der Waals surface area contributed by atoms with Gasteiger partial charge in [-0.05, 0) is 24.6 Å². The monoisotopic (exact) mass is 278 g/mol. The summed E-state index contributed by atoms with van der Waals surface area (Å²) in [5.41, 5.74) is 5.95. The number of amides is 1. The molecule has 0 aliphatic heterocycles. The zero-order valence-corrected chi connectivity index (χ0v) is 10.6. The summed E-state index contributed by atoms with van der Waals surface area (Å²) in [6.45, 7) is 1.64. The fourth-order valence-corrected chi connectivity index (χ4v) is 1.65. The Morgan fingerprint density at radius 3 is 2.60 bits per heavy atom. The van der Waals surface area contributed by atoms with Gasteiger partial charge in [-0.1, -0.05) is 6.07 Å². The minimum absolute atomic E-state index is 0.00230.